The normalized spacial score (nSPS) is 10.9. The number of carbonyl (C=O) groups excluding carboxylic acids is 2. The van der Waals surface area contributed by atoms with Crippen molar-refractivity contribution in [2.24, 2.45) is 0 Å². The lowest BCUT2D eigenvalue weighted by molar-refractivity contribution is -0.122. The molecule has 1 aromatic carbocycles. The first-order valence-electron chi connectivity index (χ1n) is 7.25. The Labute approximate surface area is 126 Å². The first kappa shape index (κ1) is 17.0. The monoisotopic (exact) mass is 291 g/mol. The van der Waals surface area contributed by atoms with E-state index in [1.807, 2.05) is 39.8 Å². The number of rotatable bonds is 6. The van der Waals surface area contributed by atoms with Crippen LogP contribution in [0.5, 0.6) is 0 Å². The van der Waals surface area contributed by atoms with E-state index < -0.39 is 0 Å². The van der Waals surface area contributed by atoms with E-state index in [0.29, 0.717) is 12.1 Å². The number of carbonyl (C=O) groups is 2. The van der Waals surface area contributed by atoms with Crippen molar-refractivity contribution in [3.63, 3.8) is 0 Å². The molecule has 0 radical (unpaired) electrons. The molecule has 0 bridgehead atoms. The Hall–Kier alpha value is -2.04. The van der Waals surface area contributed by atoms with E-state index in [0.717, 1.165) is 12.2 Å². The van der Waals surface area contributed by atoms with Gasteiger partial charge in [-0.3, -0.25) is 9.59 Å². The average Bonchev–Trinajstić information content (AvgIpc) is 2.37. The highest BCUT2D eigenvalue weighted by molar-refractivity contribution is 5.94. The van der Waals surface area contributed by atoms with E-state index in [2.05, 4.69) is 16.0 Å². The van der Waals surface area contributed by atoms with Gasteiger partial charge in [0.25, 0.3) is 5.91 Å². The van der Waals surface area contributed by atoms with E-state index in [1.165, 1.54) is 0 Å². The van der Waals surface area contributed by atoms with Gasteiger partial charge in [-0.05, 0) is 52.0 Å². The molecule has 5 nitrogen and oxygen atoms in total. The van der Waals surface area contributed by atoms with Gasteiger partial charge >= 0.3 is 0 Å². The quantitative estimate of drug-likeness (QED) is 0.752. The van der Waals surface area contributed by atoms with Gasteiger partial charge in [0, 0.05) is 36.3 Å². The van der Waals surface area contributed by atoms with Crippen LogP contribution in [0.4, 0.5) is 5.69 Å². The third kappa shape index (κ3) is 6.79. The molecule has 21 heavy (non-hydrogen) atoms. The van der Waals surface area contributed by atoms with E-state index in [4.69, 9.17) is 0 Å². The van der Waals surface area contributed by atoms with Crippen LogP contribution in [0.25, 0.3) is 0 Å². The minimum Gasteiger partial charge on any atom is -0.385 e. The van der Waals surface area contributed by atoms with Crippen LogP contribution in [-0.2, 0) is 4.79 Å². The summed E-state index contributed by atoms with van der Waals surface area (Å²) in [6, 6.07) is 7.26. The zero-order valence-electron chi connectivity index (χ0n) is 13.2. The third-order valence-corrected chi connectivity index (χ3v) is 2.68. The second-order valence-electron chi connectivity index (χ2n) is 5.91. The Morgan fingerprint density at radius 1 is 1.10 bits per heavy atom. The van der Waals surface area contributed by atoms with Gasteiger partial charge in [-0.25, -0.2) is 0 Å². The largest absolute Gasteiger partial charge is 0.385 e. The highest BCUT2D eigenvalue weighted by atomic mass is 16.2. The van der Waals surface area contributed by atoms with Gasteiger partial charge in [0.15, 0.2) is 0 Å². The van der Waals surface area contributed by atoms with Crippen molar-refractivity contribution in [1.29, 1.82) is 0 Å². The average molecular weight is 291 g/mol. The molecule has 0 heterocycles. The van der Waals surface area contributed by atoms with Crippen LogP contribution in [0.2, 0.25) is 0 Å². The molecule has 0 aromatic heterocycles. The first-order chi connectivity index (χ1) is 9.81. The van der Waals surface area contributed by atoms with Gasteiger partial charge in [0.05, 0.1) is 0 Å². The lowest BCUT2D eigenvalue weighted by atomic mass is 10.1. The fourth-order valence-electron chi connectivity index (χ4n) is 1.82. The fraction of sp³-hybridized carbons (Fsp3) is 0.500. The van der Waals surface area contributed by atoms with Crippen molar-refractivity contribution in [3.05, 3.63) is 29.8 Å². The predicted molar refractivity (Wildman–Crippen MR) is 85.5 cm³/mol. The molecule has 0 aliphatic carbocycles. The summed E-state index contributed by atoms with van der Waals surface area (Å²) in [6.45, 7) is 8.97. The summed E-state index contributed by atoms with van der Waals surface area (Å²) < 4.78 is 0. The summed E-state index contributed by atoms with van der Waals surface area (Å²) in [7, 11) is 0. The van der Waals surface area contributed by atoms with Crippen molar-refractivity contribution < 1.29 is 9.59 Å². The SMILES string of the molecule is CCNc1ccc(C(=O)NCCC(=O)NC(C)(C)C)cc1. The maximum atomic E-state index is 11.9. The molecule has 1 aromatic rings. The Morgan fingerprint density at radius 3 is 2.24 bits per heavy atom. The minimum atomic E-state index is -0.247. The predicted octanol–water partition coefficient (Wildman–Crippen LogP) is 2.15. The number of hydrogen-bond acceptors (Lipinski definition) is 3. The van der Waals surface area contributed by atoms with E-state index in [1.54, 1.807) is 12.1 Å². The fourth-order valence-corrected chi connectivity index (χ4v) is 1.82. The van der Waals surface area contributed by atoms with Gasteiger partial charge in [0.2, 0.25) is 5.91 Å². The number of hydrogen-bond donors (Lipinski definition) is 3. The molecule has 1 rings (SSSR count). The zero-order chi connectivity index (χ0) is 15.9. The number of nitrogens with one attached hydrogen (secondary N) is 3. The second kappa shape index (κ2) is 7.67. The molecule has 0 saturated heterocycles. The molecule has 0 aliphatic rings. The molecule has 0 atom stereocenters. The topological polar surface area (TPSA) is 70.2 Å². The summed E-state index contributed by atoms with van der Waals surface area (Å²) in [4.78, 5) is 23.5. The van der Waals surface area contributed by atoms with Crippen molar-refractivity contribution >= 4 is 17.5 Å². The third-order valence-electron chi connectivity index (χ3n) is 2.68. The molecule has 2 amide bonds. The van der Waals surface area contributed by atoms with Gasteiger partial charge < -0.3 is 16.0 Å². The van der Waals surface area contributed by atoms with Crippen LogP contribution in [-0.4, -0.2) is 30.4 Å². The first-order valence-corrected chi connectivity index (χ1v) is 7.25. The van der Waals surface area contributed by atoms with Gasteiger partial charge in [0.1, 0.15) is 0 Å². The second-order valence-corrected chi connectivity index (χ2v) is 5.91. The summed E-state index contributed by atoms with van der Waals surface area (Å²) in [6.07, 6.45) is 0.276. The van der Waals surface area contributed by atoms with Crippen LogP contribution in [0.1, 0.15) is 44.5 Å². The van der Waals surface area contributed by atoms with Crippen molar-refractivity contribution in [1.82, 2.24) is 10.6 Å². The van der Waals surface area contributed by atoms with Crippen LogP contribution < -0.4 is 16.0 Å². The summed E-state index contributed by atoms with van der Waals surface area (Å²) in [5.74, 6) is -0.230. The summed E-state index contributed by atoms with van der Waals surface area (Å²) >= 11 is 0. The summed E-state index contributed by atoms with van der Waals surface area (Å²) in [5, 5.41) is 8.77. The molecule has 0 unspecified atom stereocenters. The molecule has 3 N–H and O–H groups in total. The molecular formula is C16H25N3O2. The van der Waals surface area contributed by atoms with Crippen molar-refractivity contribution in [3.8, 4) is 0 Å². The lowest BCUT2D eigenvalue weighted by Gasteiger charge is -2.20. The van der Waals surface area contributed by atoms with Gasteiger partial charge in [-0.15, -0.1) is 0 Å². The summed E-state index contributed by atoms with van der Waals surface area (Å²) in [5.41, 5.74) is 1.33. The smallest absolute Gasteiger partial charge is 0.251 e. The Kier molecular flexibility index (Phi) is 6.21. The van der Waals surface area contributed by atoms with Crippen molar-refractivity contribution in [2.45, 2.75) is 39.7 Å². The van der Waals surface area contributed by atoms with E-state index in [9.17, 15) is 9.59 Å². The van der Waals surface area contributed by atoms with E-state index in [-0.39, 0.29) is 23.8 Å². The Bertz CT molecular complexity index is 475. The molecule has 0 saturated carbocycles. The molecular weight excluding hydrogens is 266 g/mol. The number of anilines is 1. The van der Waals surface area contributed by atoms with Gasteiger partial charge in [-0.2, -0.15) is 0 Å². The molecule has 0 fully saturated rings. The van der Waals surface area contributed by atoms with E-state index >= 15 is 0 Å². The number of benzene rings is 1. The minimum absolute atomic E-state index is 0.0645. The standard InChI is InChI=1S/C16H25N3O2/c1-5-17-13-8-6-12(7-9-13)15(21)18-11-10-14(20)19-16(2,3)4/h6-9,17H,5,10-11H2,1-4H3,(H,18,21)(H,19,20). The molecule has 0 spiro atoms. The molecule has 5 heteroatoms. The molecule has 0 aliphatic heterocycles. The molecule has 116 valence electrons. The van der Waals surface area contributed by atoms with Crippen LogP contribution in [0.3, 0.4) is 0 Å². The zero-order valence-corrected chi connectivity index (χ0v) is 13.2. The highest BCUT2D eigenvalue weighted by Crippen LogP contribution is 2.09. The lowest BCUT2D eigenvalue weighted by Crippen LogP contribution is -2.41. The highest BCUT2D eigenvalue weighted by Gasteiger charge is 2.13. The Balaban J connectivity index is 2.38. The van der Waals surface area contributed by atoms with Crippen LogP contribution in [0.15, 0.2) is 24.3 Å². The maximum Gasteiger partial charge on any atom is 0.251 e. The van der Waals surface area contributed by atoms with Gasteiger partial charge in [-0.1, -0.05) is 0 Å². The maximum absolute atomic E-state index is 11.9. The number of amides is 2. The van der Waals surface area contributed by atoms with Crippen LogP contribution >= 0.6 is 0 Å². The van der Waals surface area contributed by atoms with Crippen molar-refractivity contribution in [2.75, 3.05) is 18.4 Å². The Morgan fingerprint density at radius 2 is 1.71 bits per heavy atom. The van der Waals surface area contributed by atoms with Crippen LogP contribution in [0, 0.1) is 0 Å².